The van der Waals surface area contributed by atoms with E-state index in [0.29, 0.717) is 12.5 Å². The average Bonchev–Trinajstić information content (AvgIpc) is 2.73. The number of H-pyrrole nitrogens is 1. The molecule has 0 aromatic carbocycles. The van der Waals surface area contributed by atoms with Gasteiger partial charge in [0, 0.05) is 36.1 Å². The summed E-state index contributed by atoms with van der Waals surface area (Å²) < 4.78 is 0. The molecule has 3 N–H and O–H groups in total. The molecule has 18 heavy (non-hydrogen) atoms. The Hall–Kier alpha value is -1.68. The first-order valence-corrected chi connectivity index (χ1v) is 6.30. The highest BCUT2D eigenvalue weighted by atomic mass is 14.9. The third kappa shape index (κ3) is 2.43. The molecule has 0 radical (unpaired) electrons. The summed E-state index contributed by atoms with van der Waals surface area (Å²) >= 11 is 0. The minimum absolute atomic E-state index is 0.277. The number of hydrogen-bond donors (Lipinski definition) is 2. The number of aromatic amines is 1. The summed E-state index contributed by atoms with van der Waals surface area (Å²) in [5.74, 6) is 1.74. The summed E-state index contributed by atoms with van der Waals surface area (Å²) in [6.07, 6.45) is 3.57. The summed E-state index contributed by atoms with van der Waals surface area (Å²) in [7, 11) is 0. The molecule has 0 aliphatic rings. The lowest BCUT2D eigenvalue weighted by atomic mass is 9.95. The second-order valence-electron chi connectivity index (χ2n) is 4.92. The molecule has 0 saturated heterocycles. The molecule has 2 heterocycles. The van der Waals surface area contributed by atoms with Crippen molar-refractivity contribution >= 4 is 0 Å². The standard InChI is InChI=1S/C14H20N4/c1-9(2)12(8-15)14-17-10(3)13(18-14)11-4-6-16-7-5-11/h4-7,9,12H,8,15H2,1-3H3,(H,17,18). The molecule has 0 spiro atoms. The van der Waals surface area contributed by atoms with Crippen LogP contribution >= 0.6 is 0 Å². The zero-order valence-corrected chi connectivity index (χ0v) is 11.1. The number of imidazole rings is 1. The number of nitrogens with one attached hydrogen (secondary N) is 1. The first-order valence-electron chi connectivity index (χ1n) is 6.30. The van der Waals surface area contributed by atoms with Crippen LogP contribution in [0.5, 0.6) is 0 Å². The van der Waals surface area contributed by atoms with Gasteiger partial charge in [-0.3, -0.25) is 4.98 Å². The Morgan fingerprint density at radius 1 is 1.28 bits per heavy atom. The van der Waals surface area contributed by atoms with Gasteiger partial charge < -0.3 is 10.7 Å². The topological polar surface area (TPSA) is 67.6 Å². The Kier molecular flexibility index (Phi) is 3.77. The van der Waals surface area contributed by atoms with E-state index in [1.165, 1.54) is 0 Å². The van der Waals surface area contributed by atoms with E-state index in [2.05, 4.69) is 23.8 Å². The van der Waals surface area contributed by atoms with Crippen molar-refractivity contribution in [1.82, 2.24) is 15.0 Å². The molecule has 0 bridgehead atoms. The molecule has 0 aliphatic heterocycles. The summed E-state index contributed by atoms with van der Waals surface area (Å²) in [6, 6.07) is 3.94. The van der Waals surface area contributed by atoms with Crippen LogP contribution in [0.3, 0.4) is 0 Å². The van der Waals surface area contributed by atoms with Crippen LogP contribution in [-0.4, -0.2) is 21.5 Å². The molecule has 0 amide bonds. The SMILES string of the molecule is Cc1[nH]c(C(CN)C(C)C)nc1-c1ccncc1. The molecule has 0 aliphatic carbocycles. The Bertz CT molecular complexity index is 502. The molecule has 2 aromatic heterocycles. The first-order chi connectivity index (χ1) is 8.63. The van der Waals surface area contributed by atoms with Gasteiger partial charge in [0.05, 0.1) is 5.69 Å². The van der Waals surface area contributed by atoms with Crippen LogP contribution < -0.4 is 5.73 Å². The van der Waals surface area contributed by atoms with Crippen LogP contribution in [0, 0.1) is 12.8 Å². The Labute approximate surface area is 108 Å². The molecule has 2 rings (SSSR count). The minimum Gasteiger partial charge on any atom is -0.345 e. The van der Waals surface area contributed by atoms with Gasteiger partial charge in [0.25, 0.3) is 0 Å². The average molecular weight is 244 g/mol. The van der Waals surface area contributed by atoms with Crippen molar-refractivity contribution in [3.05, 3.63) is 36.0 Å². The van der Waals surface area contributed by atoms with Gasteiger partial charge in [-0.2, -0.15) is 0 Å². The number of rotatable bonds is 4. The van der Waals surface area contributed by atoms with Gasteiger partial charge in [-0.05, 0) is 25.0 Å². The summed E-state index contributed by atoms with van der Waals surface area (Å²) in [5, 5.41) is 0. The Balaban J connectivity index is 2.38. The zero-order chi connectivity index (χ0) is 13.1. The van der Waals surface area contributed by atoms with Crippen LogP contribution in [0.15, 0.2) is 24.5 Å². The predicted molar refractivity (Wildman–Crippen MR) is 73.2 cm³/mol. The lowest BCUT2D eigenvalue weighted by molar-refractivity contribution is 0.487. The number of aryl methyl sites for hydroxylation is 1. The summed E-state index contributed by atoms with van der Waals surface area (Å²) in [5.41, 5.74) is 8.99. The highest BCUT2D eigenvalue weighted by Crippen LogP contribution is 2.26. The van der Waals surface area contributed by atoms with Crippen LogP contribution in [-0.2, 0) is 0 Å². The number of pyridine rings is 1. The van der Waals surface area contributed by atoms with E-state index in [-0.39, 0.29) is 5.92 Å². The highest BCUT2D eigenvalue weighted by Gasteiger charge is 2.19. The lowest BCUT2D eigenvalue weighted by Gasteiger charge is -2.15. The molecule has 1 unspecified atom stereocenters. The minimum atomic E-state index is 0.277. The van der Waals surface area contributed by atoms with E-state index in [9.17, 15) is 0 Å². The van der Waals surface area contributed by atoms with Crippen molar-refractivity contribution in [3.8, 4) is 11.3 Å². The quantitative estimate of drug-likeness (QED) is 0.868. The Morgan fingerprint density at radius 3 is 2.50 bits per heavy atom. The third-order valence-corrected chi connectivity index (χ3v) is 3.27. The van der Waals surface area contributed by atoms with Crippen molar-refractivity contribution in [1.29, 1.82) is 0 Å². The van der Waals surface area contributed by atoms with Crippen LogP contribution in [0.4, 0.5) is 0 Å². The maximum atomic E-state index is 5.83. The fourth-order valence-electron chi connectivity index (χ4n) is 2.15. The fourth-order valence-corrected chi connectivity index (χ4v) is 2.15. The predicted octanol–water partition coefficient (Wildman–Crippen LogP) is 2.48. The van der Waals surface area contributed by atoms with E-state index >= 15 is 0 Å². The maximum Gasteiger partial charge on any atom is 0.111 e. The van der Waals surface area contributed by atoms with Gasteiger partial charge in [-0.1, -0.05) is 13.8 Å². The van der Waals surface area contributed by atoms with Crippen LogP contribution in [0.1, 0.15) is 31.3 Å². The van der Waals surface area contributed by atoms with E-state index in [1.807, 2.05) is 19.1 Å². The van der Waals surface area contributed by atoms with Crippen molar-refractivity contribution in [2.75, 3.05) is 6.54 Å². The molecular weight excluding hydrogens is 224 g/mol. The van der Waals surface area contributed by atoms with Gasteiger partial charge in [0.1, 0.15) is 5.82 Å². The van der Waals surface area contributed by atoms with E-state index < -0.39 is 0 Å². The third-order valence-electron chi connectivity index (χ3n) is 3.27. The molecule has 0 fully saturated rings. The molecule has 0 saturated carbocycles. The van der Waals surface area contributed by atoms with Crippen molar-refractivity contribution < 1.29 is 0 Å². The van der Waals surface area contributed by atoms with Gasteiger partial charge >= 0.3 is 0 Å². The molecule has 96 valence electrons. The molecule has 2 aromatic rings. The first kappa shape index (κ1) is 12.8. The number of nitrogens with two attached hydrogens (primary N) is 1. The monoisotopic (exact) mass is 244 g/mol. The number of nitrogens with zero attached hydrogens (tertiary/aromatic N) is 2. The largest absolute Gasteiger partial charge is 0.345 e. The van der Waals surface area contributed by atoms with Gasteiger partial charge in [0.15, 0.2) is 0 Å². The van der Waals surface area contributed by atoms with Crippen molar-refractivity contribution in [3.63, 3.8) is 0 Å². The number of aromatic nitrogens is 3. The fraction of sp³-hybridized carbons (Fsp3) is 0.429. The van der Waals surface area contributed by atoms with Crippen LogP contribution in [0.25, 0.3) is 11.3 Å². The molecular formula is C14H20N4. The number of hydrogen-bond acceptors (Lipinski definition) is 3. The van der Waals surface area contributed by atoms with Crippen molar-refractivity contribution in [2.45, 2.75) is 26.7 Å². The van der Waals surface area contributed by atoms with E-state index in [4.69, 9.17) is 10.7 Å². The van der Waals surface area contributed by atoms with E-state index in [0.717, 1.165) is 22.8 Å². The normalized spacial score (nSPS) is 12.9. The molecule has 1 atom stereocenters. The smallest absolute Gasteiger partial charge is 0.111 e. The maximum absolute atomic E-state index is 5.83. The second kappa shape index (κ2) is 5.31. The van der Waals surface area contributed by atoms with Gasteiger partial charge in [-0.15, -0.1) is 0 Å². The Morgan fingerprint density at radius 2 is 1.94 bits per heavy atom. The second-order valence-corrected chi connectivity index (χ2v) is 4.92. The van der Waals surface area contributed by atoms with Gasteiger partial charge in [0.2, 0.25) is 0 Å². The molecule has 4 nitrogen and oxygen atoms in total. The van der Waals surface area contributed by atoms with Gasteiger partial charge in [-0.25, -0.2) is 4.98 Å². The summed E-state index contributed by atoms with van der Waals surface area (Å²) in [6.45, 7) is 6.99. The highest BCUT2D eigenvalue weighted by molar-refractivity contribution is 5.61. The van der Waals surface area contributed by atoms with E-state index in [1.54, 1.807) is 12.4 Å². The van der Waals surface area contributed by atoms with Crippen molar-refractivity contribution in [2.24, 2.45) is 11.7 Å². The zero-order valence-electron chi connectivity index (χ0n) is 11.1. The summed E-state index contributed by atoms with van der Waals surface area (Å²) in [4.78, 5) is 12.1. The lowest BCUT2D eigenvalue weighted by Crippen LogP contribution is -2.19. The van der Waals surface area contributed by atoms with Crippen LogP contribution in [0.2, 0.25) is 0 Å². The molecule has 4 heteroatoms.